The van der Waals surface area contributed by atoms with Crippen LogP contribution in [0.3, 0.4) is 0 Å². The number of carbonyl (C=O) groups is 3. The van der Waals surface area contributed by atoms with Crippen LogP contribution in [-0.4, -0.2) is 95.0 Å². The van der Waals surface area contributed by atoms with Crippen molar-refractivity contribution in [2.24, 2.45) is 5.92 Å². The molecule has 1 spiro atoms. The Morgan fingerprint density at radius 3 is 2.41 bits per heavy atom. The molecular weight excluding hydrogens is 378 g/mol. The molecule has 2 aliphatic rings. The van der Waals surface area contributed by atoms with E-state index in [-0.39, 0.29) is 23.6 Å². The number of aromatic amines is 1. The molecule has 10 nitrogen and oxygen atoms in total. The summed E-state index contributed by atoms with van der Waals surface area (Å²) in [6.45, 7) is 6.08. The predicted molar refractivity (Wildman–Crippen MR) is 104 cm³/mol. The average molecular weight is 407 g/mol. The van der Waals surface area contributed by atoms with Crippen molar-refractivity contribution in [1.82, 2.24) is 24.8 Å². The van der Waals surface area contributed by atoms with Gasteiger partial charge >= 0.3 is 6.03 Å². The van der Waals surface area contributed by atoms with Gasteiger partial charge < -0.3 is 19.2 Å². The predicted octanol–water partition coefficient (Wildman–Crippen LogP) is 0.425. The summed E-state index contributed by atoms with van der Waals surface area (Å²) < 4.78 is 4.91. The zero-order valence-corrected chi connectivity index (χ0v) is 17.4. The van der Waals surface area contributed by atoms with Crippen LogP contribution in [0.25, 0.3) is 0 Å². The molecule has 2 fully saturated rings. The average Bonchev–Trinajstić information content (AvgIpc) is 3.17. The second-order valence-electron chi connectivity index (χ2n) is 8.45. The van der Waals surface area contributed by atoms with E-state index in [0.717, 1.165) is 6.07 Å². The fraction of sp³-hybridized carbons (Fsp3) is 0.684. The van der Waals surface area contributed by atoms with Crippen molar-refractivity contribution in [1.29, 1.82) is 0 Å². The first-order valence-electron chi connectivity index (χ1n) is 9.92. The van der Waals surface area contributed by atoms with Gasteiger partial charge in [0, 0.05) is 32.7 Å². The quantitative estimate of drug-likeness (QED) is 0.685. The Balaban J connectivity index is 1.79. The Hall–Kier alpha value is -2.62. The Labute approximate surface area is 169 Å². The third kappa shape index (κ3) is 3.93. The maximum atomic E-state index is 13.3. The summed E-state index contributed by atoms with van der Waals surface area (Å²) in [5.41, 5.74) is -1.39. The van der Waals surface area contributed by atoms with Gasteiger partial charge in [-0.05, 0) is 32.9 Å². The van der Waals surface area contributed by atoms with E-state index in [1.807, 2.05) is 32.8 Å². The minimum absolute atomic E-state index is 0.0496. The minimum atomic E-state index is -0.913. The van der Waals surface area contributed by atoms with Crippen LogP contribution in [0.1, 0.15) is 37.2 Å². The molecule has 2 aliphatic heterocycles. The summed E-state index contributed by atoms with van der Waals surface area (Å²) >= 11 is 0. The number of piperidine rings is 1. The molecule has 10 heteroatoms. The maximum Gasteiger partial charge on any atom is 0.327 e. The van der Waals surface area contributed by atoms with Gasteiger partial charge in [0.25, 0.3) is 17.4 Å². The molecule has 4 amide bonds. The summed E-state index contributed by atoms with van der Waals surface area (Å²) in [7, 11) is 3.80. The first-order chi connectivity index (χ1) is 13.7. The van der Waals surface area contributed by atoms with Gasteiger partial charge in [0.15, 0.2) is 0 Å². The summed E-state index contributed by atoms with van der Waals surface area (Å²) in [5, 5.41) is 2.11. The number of hydrogen-bond acceptors (Lipinski definition) is 6. The van der Waals surface area contributed by atoms with E-state index in [1.54, 1.807) is 9.80 Å². The van der Waals surface area contributed by atoms with Gasteiger partial charge in [0.05, 0.1) is 6.07 Å². The van der Waals surface area contributed by atoms with Crippen molar-refractivity contribution < 1.29 is 18.9 Å². The molecule has 3 heterocycles. The highest BCUT2D eigenvalue weighted by molar-refractivity contribution is 6.07. The van der Waals surface area contributed by atoms with E-state index < -0.39 is 17.0 Å². The van der Waals surface area contributed by atoms with E-state index in [1.165, 1.54) is 4.90 Å². The number of rotatable bonds is 6. The van der Waals surface area contributed by atoms with Crippen molar-refractivity contribution in [3.63, 3.8) is 0 Å². The van der Waals surface area contributed by atoms with E-state index in [4.69, 9.17) is 4.52 Å². The fourth-order valence-electron chi connectivity index (χ4n) is 4.01. The van der Waals surface area contributed by atoms with Crippen LogP contribution in [0.2, 0.25) is 0 Å². The number of H-pyrrole nitrogens is 1. The van der Waals surface area contributed by atoms with Crippen molar-refractivity contribution in [2.45, 2.75) is 32.2 Å². The zero-order valence-electron chi connectivity index (χ0n) is 17.4. The molecule has 2 saturated heterocycles. The van der Waals surface area contributed by atoms with Crippen LogP contribution in [0.4, 0.5) is 4.79 Å². The van der Waals surface area contributed by atoms with Crippen molar-refractivity contribution >= 4 is 17.8 Å². The SMILES string of the molecule is CC(C)CN1C(=O)N(CCN(C)C)C(=O)C12CCN(C(=O)c1cc(=O)[nH]o1)CC2. The molecule has 160 valence electrons. The lowest BCUT2D eigenvalue weighted by atomic mass is 9.85. The molecule has 1 aromatic rings. The van der Waals surface area contributed by atoms with Gasteiger partial charge in [0.2, 0.25) is 5.76 Å². The molecule has 1 N–H and O–H groups in total. The summed E-state index contributed by atoms with van der Waals surface area (Å²) in [4.78, 5) is 56.7. The fourth-order valence-corrected chi connectivity index (χ4v) is 4.01. The molecule has 29 heavy (non-hydrogen) atoms. The number of likely N-dealkylation sites (N-methyl/N-ethyl adjacent to an activating group) is 1. The van der Waals surface area contributed by atoms with Gasteiger partial charge in [-0.1, -0.05) is 13.8 Å². The molecule has 0 bridgehead atoms. The molecule has 0 atom stereocenters. The van der Waals surface area contributed by atoms with Crippen LogP contribution in [0.5, 0.6) is 0 Å². The number of nitrogens with zero attached hydrogens (tertiary/aromatic N) is 4. The first-order valence-corrected chi connectivity index (χ1v) is 9.92. The van der Waals surface area contributed by atoms with E-state index in [9.17, 15) is 19.2 Å². The second kappa shape index (κ2) is 8.02. The summed E-state index contributed by atoms with van der Waals surface area (Å²) in [6, 6.07) is 0.868. The van der Waals surface area contributed by atoms with Crippen LogP contribution < -0.4 is 5.56 Å². The molecular formula is C19H29N5O5. The Kier molecular flexibility index (Phi) is 5.83. The third-order valence-corrected chi connectivity index (χ3v) is 5.55. The number of amides is 4. The van der Waals surface area contributed by atoms with Gasteiger partial charge in [-0.25, -0.2) is 4.79 Å². The van der Waals surface area contributed by atoms with E-state index >= 15 is 0 Å². The Bertz CT molecular complexity index is 834. The van der Waals surface area contributed by atoms with Crippen LogP contribution in [-0.2, 0) is 4.79 Å². The molecule has 3 rings (SSSR count). The normalized spacial score (nSPS) is 19.3. The molecule has 0 saturated carbocycles. The second-order valence-corrected chi connectivity index (χ2v) is 8.45. The molecule has 0 unspecified atom stereocenters. The lowest BCUT2D eigenvalue weighted by Crippen LogP contribution is -2.58. The zero-order chi connectivity index (χ0) is 21.3. The number of aromatic nitrogens is 1. The molecule has 0 radical (unpaired) electrons. The number of imide groups is 1. The standard InChI is InChI=1S/C19H29N5O5/c1-13(2)12-24-18(28)23(10-9-21(3)4)17(27)19(24)5-7-22(8-6-19)16(26)14-11-15(25)20-29-14/h11,13H,5-10,12H2,1-4H3,(H,20,25). The lowest BCUT2D eigenvalue weighted by molar-refractivity contribution is -0.135. The Morgan fingerprint density at radius 1 is 1.24 bits per heavy atom. The molecule has 0 aromatic carbocycles. The highest BCUT2D eigenvalue weighted by atomic mass is 16.5. The van der Waals surface area contributed by atoms with Gasteiger partial charge in [0.1, 0.15) is 5.54 Å². The highest BCUT2D eigenvalue weighted by Gasteiger charge is 2.58. The number of hydrogen-bond donors (Lipinski definition) is 1. The third-order valence-electron chi connectivity index (χ3n) is 5.55. The van der Waals surface area contributed by atoms with E-state index in [2.05, 4.69) is 5.16 Å². The maximum absolute atomic E-state index is 13.3. The first kappa shape index (κ1) is 21.1. The largest absolute Gasteiger partial charge is 0.373 e. The van der Waals surface area contributed by atoms with Crippen molar-refractivity contribution in [3.05, 3.63) is 22.2 Å². The van der Waals surface area contributed by atoms with Gasteiger partial charge in [-0.2, -0.15) is 5.16 Å². The number of urea groups is 1. The monoisotopic (exact) mass is 407 g/mol. The van der Waals surface area contributed by atoms with Crippen LogP contribution in [0.15, 0.2) is 15.4 Å². The van der Waals surface area contributed by atoms with Crippen LogP contribution in [0, 0.1) is 5.92 Å². The van der Waals surface area contributed by atoms with Crippen LogP contribution >= 0.6 is 0 Å². The minimum Gasteiger partial charge on any atom is -0.373 e. The lowest BCUT2D eigenvalue weighted by Gasteiger charge is -2.42. The Morgan fingerprint density at radius 2 is 1.90 bits per heavy atom. The van der Waals surface area contributed by atoms with E-state index in [0.29, 0.717) is 45.6 Å². The highest BCUT2D eigenvalue weighted by Crippen LogP contribution is 2.38. The van der Waals surface area contributed by atoms with Crippen molar-refractivity contribution in [3.8, 4) is 0 Å². The molecule has 0 aliphatic carbocycles. The topological polar surface area (TPSA) is 110 Å². The van der Waals surface area contributed by atoms with Gasteiger partial charge in [-0.3, -0.25) is 19.3 Å². The van der Waals surface area contributed by atoms with Crippen molar-refractivity contribution in [2.75, 3.05) is 46.8 Å². The number of carbonyl (C=O) groups excluding carboxylic acids is 3. The number of likely N-dealkylation sites (tertiary alicyclic amines) is 1. The summed E-state index contributed by atoms with van der Waals surface area (Å²) in [5.74, 6) is -0.405. The van der Waals surface area contributed by atoms with Gasteiger partial charge in [-0.15, -0.1) is 0 Å². The smallest absolute Gasteiger partial charge is 0.327 e. The molecule has 1 aromatic heterocycles. The summed E-state index contributed by atoms with van der Waals surface area (Å²) in [6.07, 6.45) is 0.728. The number of nitrogens with one attached hydrogen (secondary N) is 1.